The molecule has 24 heavy (non-hydrogen) atoms. The van der Waals surface area contributed by atoms with Gasteiger partial charge < -0.3 is 19.9 Å². The molecule has 0 aromatic heterocycles. The first-order valence-electron chi connectivity index (χ1n) is 7.39. The second kappa shape index (κ2) is 8.12. The maximum atomic E-state index is 12.1. The number of hydrogen-bond acceptors (Lipinski definition) is 5. The normalized spacial score (nSPS) is 11.5. The summed E-state index contributed by atoms with van der Waals surface area (Å²) in [4.78, 5) is 24.1. The third-order valence-electron chi connectivity index (χ3n) is 3.36. The largest absolute Gasteiger partial charge is 0.497 e. The van der Waals surface area contributed by atoms with Crippen molar-refractivity contribution >= 4 is 17.6 Å². The predicted octanol–water partition coefficient (Wildman–Crippen LogP) is 2.37. The Morgan fingerprint density at radius 1 is 1.17 bits per heavy atom. The molecule has 0 saturated heterocycles. The molecule has 2 rings (SSSR count). The molecule has 0 bridgehead atoms. The van der Waals surface area contributed by atoms with Crippen LogP contribution in [0.15, 0.2) is 48.5 Å². The average molecular weight is 329 g/mol. The molecule has 2 aromatic rings. The van der Waals surface area contributed by atoms with Gasteiger partial charge in [-0.05, 0) is 36.8 Å². The molecule has 0 unspecified atom stereocenters. The van der Waals surface area contributed by atoms with Gasteiger partial charge in [0.05, 0.1) is 19.3 Å². The molecule has 0 aliphatic heterocycles. The Morgan fingerprint density at radius 3 is 2.50 bits per heavy atom. The summed E-state index contributed by atoms with van der Waals surface area (Å²) in [7, 11) is 1.54. The van der Waals surface area contributed by atoms with E-state index in [0.717, 1.165) is 0 Å². The minimum absolute atomic E-state index is 0.103. The van der Waals surface area contributed by atoms with Crippen LogP contribution in [-0.4, -0.2) is 30.2 Å². The zero-order valence-corrected chi connectivity index (χ0v) is 13.5. The zero-order chi connectivity index (χ0) is 17.5. The van der Waals surface area contributed by atoms with E-state index >= 15 is 0 Å². The molecule has 0 saturated carbocycles. The first kappa shape index (κ1) is 17.5. The van der Waals surface area contributed by atoms with E-state index < -0.39 is 18.0 Å². The number of nitrogens with one attached hydrogen (secondary N) is 1. The van der Waals surface area contributed by atoms with Gasteiger partial charge in [-0.3, -0.25) is 4.79 Å². The summed E-state index contributed by atoms with van der Waals surface area (Å²) in [5, 5.41) is 11.6. The molecule has 0 radical (unpaired) electrons. The third-order valence-corrected chi connectivity index (χ3v) is 3.36. The highest BCUT2D eigenvalue weighted by molar-refractivity contribution is 5.97. The summed E-state index contributed by atoms with van der Waals surface area (Å²) in [6.07, 6.45) is -0.957. The number of aliphatic hydroxyl groups is 1. The number of carbonyl (C=O) groups is 2. The van der Waals surface area contributed by atoms with Crippen LogP contribution in [0.3, 0.4) is 0 Å². The molecule has 0 fully saturated rings. The van der Waals surface area contributed by atoms with Crippen molar-refractivity contribution < 1.29 is 24.2 Å². The molecule has 6 heteroatoms. The maximum absolute atomic E-state index is 12.1. The molecule has 0 aliphatic carbocycles. The Balaban J connectivity index is 1.95. The fourth-order valence-corrected chi connectivity index (χ4v) is 1.97. The molecule has 0 heterocycles. The number of benzene rings is 2. The fraction of sp³-hybridized carbons (Fsp3) is 0.222. The molecule has 126 valence electrons. The van der Waals surface area contributed by atoms with Crippen LogP contribution in [0.1, 0.15) is 22.8 Å². The van der Waals surface area contributed by atoms with E-state index in [9.17, 15) is 9.59 Å². The van der Waals surface area contributed by atoms with E-state index in [1.165, 1.54) is 14.0 Å². The monoisotopic (exact) mass is 329 g/mol. The summed E-state index contributed by atoms with van der Waals surface area (Å²) in [6, 6.07) is 13.2. The van der Waals surface area contributed by atoms with Gasteiger partial charge in [-0.15, -0.1) is 0 Å². The van der Waals surface area contributed by atoms with Crippen LogP contribution in [-0.2, 0) is 16.1 Å². The number of aliphatic hydroxyl groups excluding tert-OH is 1. The van der Waals surface area contributed by atoms with Crippen molar-refractivity contribution in [3.05, 3.63) is 59.7 Å². The van der Waals surface area contributed by atoms with Crippen LogP contribution in [0.2, 0.25) is 0 Å². The smallest absolute Gasteiger partial charge is 0.338 e. The second-order valence-electron chi connectivity index (χ2n) is 5.12. The minimum Gasteiger partial charge on any atom is -0.497 e. The van der Waals surface area contributed by atoms with Crippen LogP contribution in [0.5, 0.6) is 5.75 Å². The van der Waals surface area contributed by atoms with Crippen molar-refractivity contribution in [2.24, 2.45) is 0 Å². The molecule has 6 nitrogen and oxygen atoms in total. The van der Waals surface area contributed by atoms with Crippen molar-refractivity contribution in [2.45, 2.75) is 19.6 Å². The van der Waals surface area contributed by atoms with Crippen molar-refractivity contribution in [1.29, 1.82) is 0 Å². The highest BCUT2D eigenvalue weighted by Gasteiger charge is 2.19. The van der Waals surface area contributed by atoms with Gasteiger partial charge in [0, 0.05) is 11.8 Å². The molecular formula is C18H19NO5. The highest BCUT2D eigenvalue weighted by atomic mass is 16.5. The molecular weight excluding hydrogens is 310 g/mol. The van der Waals surface area contributed by atoms with E-state index in [1.54, 1.807) is 48.5 Å². The van der Waals surface area contributed by atoms with Crippen LogP contribution in [0, 0.1) is 0 Å². The lowest BCUT2D eigenvalue weighted by Gasteiger charge is -2.14. The summed E-state index contributed by atoms with van der Waals surface area (Å²) >= 11 is 0. The number of rotatable bonds is 6. The van der Waals surface area contributed by atoms with Crippen LogP contribution < -0.4 is 10.1 Å². The van der Waals surface area contributed by atoms with Gasteiger partial charge in [-0.1, -0.05) is 18.2 Å². The summed E-state index contributed by atoms with van der Waals surface area (Å²) in [5.74, 6) is -0.433. The summed E-state index contributed by atoms with van der Waals surface area (Å²) in [6.45, 7) is 1.39. The summed E-state index contributed by atoms with van der Waals surface area (Å²) < 4.78 is 10.2. The van der Waals surface area contributed by atoms with Gasteiger partial charge >= 0.3 is 5.97 Å². The SMILES string of the molecule is COc1cccc(NC(=O)[C@@H](C)OC(=O)c2ccc(CO)cc2)c1. The zero-order valence-electron chi connectivity index (χ0n) is 13.5. The van der Waals surface area contributed by atoms with E-state index in [0.29, 0.717) is 22.6 Å². The van der Waals surface area contributed by atoms with Crippen LogP contribution in [0.25, 0.3) is 0 Å². The fourth-order valence-electron chi connectivity index (χ4n) is 1.97. The van der Waals surface area contributed by atoms with Crippen molar-refractivity contribution in [3.8, 4) is 5.75 Å². The number of methoxy groups -OCH3 is 1. The number of carbonyl (C=O) groups excluding carboxylic acids is 2. The lowest BCUT2D eigenvalue weighted by atomic mass is 10.1. The van der Waals surface area contributed by atoms with Crippen molar-refractivity contribution in [2.75, 3.05) is 12.4 Å². The number of hydrogen-bond donors (Lipinski definition) is 2. The van der Waals surface area contributed by atoms with Gasteiger partial charge in [0.15, 0.2) is 6.10 Å². The third kappa shape index (κ3) is 4.57. The lowest BCUT2D eigenvalue weighted by molar-refractivity contribution is -0.123. The molecule has 0 aliphatic rings. The number of esters is 1. The average Bonchev–Trinajstić information content (AvgIpc) is 2.61. The molecule has 2 N–H and O–H groups in total. The first-order valence-corrected chi connectivity index (χ1v) is 7.39. The predicted molar refractivity (Wildman–Crippen MR) is 88.9 cm³/mol. The van der Waals surface area contributed by atoms with Gasteiger partial charge in [0.2, 0.25) is 0 Å². The summed E-state index contributed by atoms with van der Waals surface area (Å²) in [5.41, 5.74) is 1.55. The van der Waals surface area contributed by atoms with Gasteiger partial charge in [-0.25, -0.2) is 4.79 Å². The van der Waals surface area contributed by atoms with E-state index in [1.807, 2.05) is 0 Å². The lowest BCUT2D eigenvalue weighted by Crippen LogP contribution is -2.30. The molecule has 1 amide bonds. The number of anilines is 1. The van der Waals surface area contributed by atoms with E-state index in [4.69, 9.17) is 14.6 Å². The Bertz CT molecular complexity index is 712. The minimum atomic E-state index is -0.957. The highest BCUT2D eigenvalue weighted by Crippen LogP contribution is 2.17. The second-order valence-corrected chi connectivity index (χ2v) is 5.12. The standard InChI is InChI=1S/C18H19NO5/c1-12(17(21)19-15-4-3-5-16(10-15)23-2)24-18(22)14-8-6-13(11-20)7-9-14/h3-10,12,20H,11H2,1-2H3,(H,19,21)/t12-/m1/s1. The topological polar surface area (TPSA) is 84.9 Å². The first-order chi connectivity index (χ1) is 11.5. The Labute approximate surface area is 140 Å². The Hall–Kier alpha value is -2.86. The quantitative estimate of drug-likeness (QED) is 0.795. The van der Waals surface area contributed by atoms with Gasteiger partial charge in [0.1, 0.15) is 5.75 Å². The van der Waals surface area contributed by atoms with Crippen LogP contribution in [0.4, 0.5) is 5.69 Å². The van der Waals surface area contributed by atoms with Crippen molar-refractivity contribution in [3.63, 3.8) is 0 Å². The van der Waals surface area contributed by atoms with E-state index in [-0.39, 0.29) is 6.61 Å². The maximum Gasteiger partial charge on any atom is 0.338 e. The van der Waals surface area contributed by atoms with Gasteiger partial charge in [-0.2, -0.15) is 0 Å². The Kier molecular flexibility index (Phi) is 5.92. The molecule has 1 atom stereocenters. The molecule has 0 spiro atoms. The molecule has 2 aromatic carbocycles. The van der Waals surface area contributed by atoms with Crippen molar-refractivity contribution in [1.82, 2.24) is 0 Å². The number of ether oxygens (including phenoxy) is 2. The van der Waals surface area contributed by atoms with Gasteiger partial charge in [0.25, 0.3) is 5.91 Å². The van der Waals surface area contributed by atoms with E-state index in [2.05, 4.69) is 5.32 Å². The van der Waals surface area contributed by atoms with Crippen LogP contribution >= 0.6 is 0 Å². The Morgan fingerprint density at radius 2 is 1.88 bits per heavy atom. The number of amides is 1.